The Labute approximate surface area is 126 Å². The molecule has 0 radical (unpaired) electrons. The van der Waals surface area contributed by atoms with Gasteiger partial charge in [-0.05, 0) is 51.4 Å². The van der Waals surface area contributed by atoms with Gasteiger partial charge in [0.2, 0.25) is 5.90 Å². The lowest BCUT2D eigenvalue weighted by atomic mass is 9.84. The summed E-state index contributed by atoms with van der Waals surface area (Å²) in [5, 5.41) is 10.8. The van der Waals surface area contributed by atoms with Gasteiger partial charge in [-0.3, -0.25) is 0 Å². The molecular formula is C17H24N2O2. The molecule has 0 aromatic heterocycles. The molecule has 2 heterocycles. The maximum Gasteiger partial charge on any atom is 0.216 e. The van der Waals surface area contributed by atoms with Crippen LogP contribution in [0.3, 0.4) is 0 Å². The van der Waals surface area contributed by atoms with Crippen molar-refractivity contribution >= 4 is 5.90 Å². The van der Waals surface area contributed by atoms with Gasteiger partial charge in [0.25, 0.3) is 0 Å². The standard InChI is InChI=1S/C17H24N2O2/c1-16(2)12-21-15(18-16)13-4-6-14(7-5-13)17(20)8-10-19(3)11-9-17/h4-7,20H,8-12H2,1-3H3. The van der Waals surface area contributed by atoms with Gasteiger partial charge in [-0.25, -0.2) is 4.99 Å². The number of likely N-dealkylation sites (tertiary alicyclic amines) is 1. The minimum atomic E-state index is -0.692. The maximum absolute atomic E-state index is 10.8. The van der Waals surface area contributed by atoms with Crippen LogP contribution < -0.4 is 0 Å². The molecule has 21 heavy (non-hydrogen) atoms. The van der Waals surface area contributed by atoms with Crippen molar-refractivity contribution in [2.75, 3.05) is 26.7 Å². The number of rotatable bonds is 2. The lowest BCUT2D eigenvalue weighted by Gasteiger charge is -2.37. The van der Waals surface area contributed by atoms with Crippen LogP contribution in [0.1, 0.15) is 37.8 Å². The second-order valence-electron chi connectivity index (χ2n) is 6.93. The number of piperidine rings is 1. The Morgan fingerprint density at radius 1 is 1.14 bits per heavy atom. The van der Waals surface area contributed by atoms with Crippen molar-refractivity contribution < 1.29 is 9.84 Å². The molecule has 2 aliphatic rings. The number of hydrogen-bond acceptors (Lipinski definition) is 4. The van der Waals surface area contributed by atoms with E-state index < -0.39 is 5.60 Å². The molecule has 0 saturated carbocycles. The minimum absolute atomic E-state index is 0.139. The van der Waals surface area contributed by atoms with Gasteiger partial charge in [0, 0.05) is 18.7 Å². The van der Waals surface area contributed by atoms with E-state index in [0.29, 0.717) is 12.5 Å². The molecule has 114 valence electrons. The first-order valence-corrected chi connectivity index (χ1v) is 7.63. The Balaban J connectivity index is 1.79. The number of ether oxygens (including phenoxy) is 1. The average molecular weight is 288 g/mol. The first-order valence-electron chi connectivity index (χ1n) is 7.63. The summed E-state index contributed by atoms with van der Waals surface area (Å²) in [5.41, 5.74) is 1.15. The Hall–Kier alpha value is -1.39. The van der Waals surface area contributed by atoms with Gasteiger partial charge in [0.05, 0.1) is 11.1 Å². The maximum atomic E-state index is 10.8. The van der Waals surface area contributed by atoms with Crippen LogP contribution in [-0.4, -0.2) is 48.2 Å². The SMILES string of the molecule is CN1CCC(O)(c2ccc(C3=NC(C)(C)CO3)cc2)CC1. The van der Waals surface area contributed by atoms with Gasteiger partial charge >= 0.3 is 0 Å². The van der Waals surface area contributed by atoms with E-state index in [0.717, 1.165) is 37.1 Å². The number of benzene rings is 1. The van der Waals surface area contributed by atoms with Gasteiger partial charge in [-0.2, -0.15) is 0 Å². The number of aliphatic imine (C=N–C) groups is 1. The lowest BCUT2D eigenvalue weighted by Crippen LogP contribution is -2.40. The highest BCUT2D eigenvalue weighted by Crippen LogP contribution is 2.32. The summed E-state index contributed by atoms with van der Waals surface area (Å²) >= 11 is 0. The van der Waals surface area contributed by atoms with Crippen LogP contribution in [0.25, 0.3) is 0 Å². The topological polar surface area (TPSA) is 45.1 Å². The fraction of sp³-hybridized carbons (Fsp3) is 0.588. The fourth-order valence-electron chi connectivity index (χ4n) is 2.93. The number of aliphatic hydroxyl groups is 1. The molecule has 0 amide bonds. The van der Waals surface area contributed by atoms with Crippen LogP contribution in [-0.2, 0) is 10.3 Å². The first kappa shape index (κ1) is 14.5. The van der Waals surface area contributed by atoms with Gasteiger partial charge in [-0.1, -0.05) is 12.1 Å². The van der Waals surface area contributed by atoms with Crippen LogP contribution in [0.15, 0.2) is 29.3 Å². The van der Waals surface area contributed by atoms with Gasteiger partial charge in [0.15, 0.2) is 0 Å². The van der Waals surface area contributed by atoms with E-state index in [1.165, 1.54) is 0 Å². The van der Waals surface area contributed by atoms with E-state index in [2.05, 4.69) is 30.8 Å². The molecule has 4 heteroatoms. The van der Waals surface area contributed by atoms with Crippen molar-refractivity contribution in [1.82, 2.24) is 4.90 Å². The highest BCUT2D eigenvalue weighted by molar-refractivity contribution is 5.95. The van der Waals surface area contributed by atoms with Crippen molar-refractivity contribution in [3.63, 3.8) is 0 Å². The smallest absolute Gasteiger partial charge is 0.216 e. The third kappa shape index (κ3) is 2.97. The third-order valence-corrected chi connectivity index (χ3v) is 4.45. The second kappa shape index (κ2) is 5.11. The normalized spacial score (nSPS) is 24.5. The van der Waals surface area contributed by atoms with E-state index in [9.17, 15) is 5.11 Å². The molecule has 1 saturated heterocycles. The minimum Gasteiger partial charge on any atom is -0.475 e. The zero-order valence-electron chi connectivity index (χ0n) is 13.1. The third-order valence-electron chi connectivity index (χ3n) is 4.45. The van der Waals surface area contributed by atoms with E-state index in [4.69, 9.17) is 4.74 Å². The van der Waals surface area contributed by atoms with Crippen LogP contribution >= 0.6 is 0 Å². The van der Waals surface area contributed by atoms with Gasteiger partial charge < -0.3 is 14.7 Å². The zero-order chi connectivity index (χ0) is 15.1. The zero-order valence-corrected chi connectivity index (χ0v) is 13.1. The Kier molecular flexibility index (Phi) is 3.54. The molecule has 2 aliphatic heterocycles. The van der Waals surface area contributed by atoms with Crippen molar-refractivity contribution in [3.8, 4) is 0 Å². The molecule has 0 spiro atoms. The number of hydrogen-bond donors (Lipinski definition) is 1. The van der Waals surface area contributed by atoms with Crippen LogP contribution in [0, 0.1) is 0 Å². The van der Waals surface area contributed by atoms with E-state index in [1.54, 1.807) is 0 Å². The molecule has 1 N–H and O–H groups in total. The molecule has 1 aromatic rings. The second-order valence-corrected chi connectivity index (χ2v) is 6.93. The molecule has 0 aliphatic carbocycles. The lowest BCUT2D eigenvalue weighted by molar-refractivity contribution is -0.0203. The summed E-state index contributed by atoms with van der Waals surface area (Å²) in [6.45, 7) is 6.62. The summed E-state index contributed by atoms with van der Waals surface area (Å²) in [6, 6.07) is 8.04. The average Bonchev–Trinajstić information content (AvgIpc) is 2.83. The fourth-order valence-corrected chi connectivity index (χ4v) is 2.93. The Morgan fingerprint density at radius 2 is 1.76 bits per heavy atom. The van der Waals surface area contributed by atoms with Crippen molar-refractivity contribution in [2.45, 2.75) is 37.8 Å². The van der Waals surface area contributed by atoms with Crippen molar-refractivity contribution in [2.24, 2.45) is 4.99 Å². The summed E-state index contributed by atoms with van der Waals surface area (Å²) in [6.07, 6.45) is 1.57. The first-order chi connectivity index (χ1) is 9.88. The van der Waals surface area contributed by atoms with E-state index in [1.807, 2.05) is 24.3 Å². The Morgan fingerprint density at radius 3 is 2.29 bits per heavy atom. The quantitative estimate of drug-likeness (QED) is 0.907. The highest BCUT2D eigenvalue weighted by Gasteiger charge is 2.33. The van der Waals surface area contributed by atoms with Crippen LogP contribution in [0.5, 0.6) is 0 Å². The van der Waals surface area contributed by atoms with Crippen LogP contribution in [0.4, 0.5) is 0 Å². The summed E-state index contributed by atoms with van der Waals surface area (Å²) in [5.74, 6) is 0.710. The Bertz CT molecular complexity index is 540. The van der Waals surface area contributed by atoms with Crippen molar-refractivity contribution in [1.29, 1.82) is 0 Å². The summed E-state index contributed by atoms with van der Waals surface area (Å²) in [4.78, 5) is 6.84. The van der Waals surface area contributed by atoms with Gasteiger partial charge in [-0.15, -0.1) is 0 Å². The summed E-state index contributed by atoms with van der Waals surface area (Å²) in [7, 11) is 2.10. The summed E-state index contributed by atoms with van der Waals surface area (Å²) < 4.78 is 5.66. The molecule has 0 unspecified atom stereocenters. The van der Waals surface area contributed by atoms with Crippen molar-refractivity contribution in [3.05, 3.63) is 35.4 Å². The van der Waals surface area contributed by atoms with Gasteiger partial charge in [0.1, 0.15) is 6.61 Å². The predicted octanol–water partition coefficient (Wildman–Crippen LogP) is 2.16. The van der Waals surface area contributed by atoms with Crippen LogP contribution in [0.2, 0.25) is 0 Å². The molecule has 0 atom stereocenters. The molecular weight excluding hydrogens is 264 g/mol. The molecule has 3 rings (SSSR count). The largest absolute Gasteiger partial charge is 0.475 e. The molecule has 1 aromatic carbocycles. The van der Waals surface area contributed by atoms with E-state index in [-0.39, 0.29) is 5.54 Å². The molecule has 1 fully saturated rings. The number of nitrogens with zero attached hydrogens (tertiary/aromatic N) is 2. The highest BCUT2D eigenvalue weighted by atomic mass is 16.5. The molecule has 4 nitrogen and oxygen atoms in total. The predicted molar refractivity (Wildman–Crippen MR) is 83.6 cm³/mol. The molecule has 0 bridgehead atoms. The monoisotopic (exact) mass is 288 g/mol. The van der Waals surface area contributed by atoms with E-state index >= 15 is 0 Å².